The molecule has 2 heteroatoms. The van der Waals surface area contributed by atoms with E-state index < -0.39 is 5.60 Å². The second-order valence-electron chi connectivity index (χ2n) is 3.70. The molecule has 0 aliphatic heterocycles. The van der Waals surface area contributed by atoms with E-state index in [4.69, 9.17) is 5.11 Å². The molecule has 0 saturated carbocycles. The molecule has 0 atom stereocenters. The Kier molecular flexibility index (Phi) is 3.52. The minimum absolute atomic E-state index is 0.0590. The van der Waals surface area contributed by atoms with Crippen LogP contribution in [0.4, 0.5) is 0 Å². The van der Waals surface area contributed by atoms with Gasteiger partial charge in [0.2, 0.25) is 0 Å². The van der Waals surface area contributed by atoms with E-state index >= 15 is 0 Å². The van der Waals surface area contributed by atoms with Crippen LogP contribution in [0.1, 0.15) is 40.5 Å². The van der Waals surface area contributed by atoms with E-state index in [1.165, 1.54) is 0 Å². The summed E-state index contributed by atoms with van der Waals surface area (Å²) < 4.78 is 0. The van der Waals surface area contributed by atoms with Crippen molar-refractivity contribution in [1.82, 2.24) is 0 Å². The smallest absolute Gasteiger partial charge is 0.0669 e. The van der Waals surface area contributed by atoms with E-state index in [-0.39, 0.29) is 12.0 Å². The van der Waals surface area contributed by atoms with Crippen LogP contribution in [-0.4, -0.2) is 22.4 Å². The van der Waals surface area contributed by atoms with Gasteiger partial charge in [0.1, 0.15) is 0 Å². The summed E-state index contributed by atoms with van der Waals surface area (Å²) in [6.45, 7) is 7.57. The summed E-state index contributed by atoms with van der Waals surface area (Å²) in [6, 6.07) is 0. The molecule has 0 heterocycles. The second-order valence-corrected chi connectivity index (χ2v) is 3.70. The van der Waals surface area contributed by atoms with E-state index in [9.17, 15) is 5.11 Å². The maximum atomic E-state index is 9.77. The molecular weight excluding hydrogens is 140 g/mol. The zero-order chi connectivity index (χ0) is 9.12. The molecule has 68 valence electrons. The lowest BCUT2D eigenvalue weighted by molar-refractivity contribution is -0.0889. The van der Waals surface area contributed by atoms with E-state index in [2.05, 4.69) is 0 Å². The van der Waals surface area contributed by atoms with Crippen molar-refractivity contribution in [1.29, 1.82) is 0 Å². The molecule has 11 heavy (non-hydrogen) atoms. The number of hydrogen-bond donors (Lipinski definition) is 2. The van der Waals surface area contributed by atoms with Gasteiger partial charge in [0.05, 0.1) is 12.2 Å². The third kappa shape index (κ3) is 1.94. The fraction of sp³-hybridized carbons (Fsp3) is 1.00. The molecule has 0 rings (SSSR count). The SMILES string of the molecule is CCC(CC)(CO)C(C)(C)O. The van der Waals surface area contributed by atoms with Crippen LogP contribution in [0.3, 0.4) is 0 Å². The van der Waals surface area contributed by atoms with Crippen LogP contribution in [-0.2, 0) is 0 Å². The topological polar surface area (TPSA) is 40.5 Å². The van der Waals surface area contributed by atoms with Gasteiger partial charge in [-0.2, -0.15) is 0 Å². The van der Waals surface area contributed by atoms with Crippen molar-refractivity contribution >= 4 is 0 Å². The van der Waals surface area contributed by atoms with Crippen LogP contribution >= 0.6 is 0 Å². The molecule has 0 fully saturated rings. The first-order chi connectivity index (χ1) is 4.93. The lowest BCUT2D eigenvalue weighted by Gasteiger charge is -2.40. The number of hydrogen-bond acceptors (Lipinski definition) is 2. The molecule has 0 radical (unpaired) electrons. The van der Waals surface area contributed by atoms with Gasteiger partial charge in [-0.05, 0) is 26.7 Å². The number of aliphatic hydroxyl groups excluding tert-OH is 1. The van der Waals surface area contributed by atoms with Gasteiger partial charge in [-0.25, -0.2) is 0 Å². The highest BCUT2D eigenvalue weighted by molar-refractivity contribution is 4.90. The molecule has 0 spiro atoms. The summed E-state index contributed by atoms with van der Waals surface area (Å²) in [6.07, 6.45) is 1.62. The largest absolute Gasteiger partial charge is 0.396 e. The number of rotatable bonds is 4. The van der Waals surface area contributed by atoms with Gasteiger partial charge in [0.15, 0.2) is 0 Å². The van der Waals surface area contributed by atoms with Gasteiger partial charge in [-0.15, -0.1) is 0 Å². The molecule has 2 N–H and O–H groups in total. The molecule has 0 aromatic carbocycles. The predicted octanol–water partition coefficient (Wildman–Crippen LogP) is 1.56. The predicted molar refractivity (Wildman–Crippen MR) is 46.4 cm³/mol. The van der Waals surface area contributed by atoms with Gasteiger partial charge >= 0.3 is 0 Å². The fourth-order valence-electron chi connectivity index (χ4n) is 1.53. The number of aliphatic hydroxyl groups is 2. The third-order valence-corrected chi connectivity index (χ3v) is 2.95. The Morgan fingerprint density at radius 3 is 1.45 bits per heavy atom. The van der Waals surface area contributed by atoms with Crippen LogP contribution in [0.5, 0.6) is 0 Å². The average molecular weight is 160 g/mol. The Hall–Kier alpha value is -0.0800. The van der Waals surface area contributed by atoms with Gasteiger partial charge in [-0.3, -0.25) is 0 Å². The molecule has 0 aromatic rings. The Balaban J connectivity index is 4.54. The van der Waals surface area contributed by atoms with Crippen LogP contribution in [0.25, 0.3) is 0 Å². The Morgan fingerprint density at radius 1 is 1.09 bits per heavy atom. The summed E-state index contributed by atoms with van der Waals surface area (Å²) in [5, 5.41) is 18.9. The third-order valence-electron chi connectivity index (χ3n) is 2.95. The van der Waals surface area contributed by atoms with Crippen molar-refractivity contribution in [2.75, 3.05) is 6.61 Å². The van der Waals surface area contributed by atoms with Gasteiger partial charge in [0.25, 0.3) is 0 Å². The monoisotopic (exact) mass is 160 g/mol. The highest BCUT2D eigenvalue weighted by Crippen LogP contribution is 2.37. The van der Waals surface area contributed by atoms with Crippen LogP contribution < -0.4 is 0 Å². The zero-order valence-corrected chi connectivity index (χ0v) is 8.02. The second kappa shape index (κ2) is 3.55. The van der Waals surface area contributed by atoms with E-state index in [0.717, 1.165) is 12.8 Å². The standard InChI is InChI=1S/C9H20O2/c1-5-9(6-2,7-10)8(3,4)11/h10-11H,5-7H2,1-4H3. The van der Waals surface area contributed by atoms with Crippen molar-refractivity contribution in [3.63, 3.8) is 0 Å². The molecular formula is C9H20O2. The average Bonchev–Trinajstić information content (AvgIpc) is 1.90. The highest BCUT2D eigenvalue weighted by Gasteiger charge is 2.40. The molecule has 0 saturated heterocycles. The molecule has 0 aromatic heterocycles. The van der Waals surface area contributed by atoms with Gasteiger partial charge < -0.3 is 10.2 Å². The summed E-state index contributed by atoms with van der Waals surface area (Å²) >= 11 is 0. The summed E-state index contributed by atoms with van der Waals surface area (Å²) in [7, 11) is 0. The van der Waals surface area contributed by atoms with Crippen LogP contribution in [0.2, 0.25) is 0 Å². The Morgan fingerprint density at radius 2 is 1.45 bits per heavy atom. The van der Waals surface area contributed by atoms with Gasteiger partial charge in [0, 0.05) is 5.41 Å². The molecule has 0 aliphatic carbocycles. The first-order valence-electron chi connectivity index (χ1n) is 4.26. The first kappa shape index (κ1) is 10.9. The Labute approximate surface area is 69.2 Å². The maximum Gasteiger partial charge on any atom is 0.0669 e. The fourth-order valence-corrected chi connectivity index (χ4v) is 1.53. The Bertz CT molecular complexity index is 101. The molecule has 0 unspecified atom stereocenters. The summed E-state index contributed by atoms with van der Waals surface area (Å²) in [4.78, 5) is 0. The van der Waals surface area contributed by atoms with Crippen molar-refractivity contribution in [2.45, 2.75) is 46.1 Å². The molecule has 0 bridgehead atoms. The van der Waals surface area contributed by atoms with E-state index in [1.807, 2.05) is 13.8 Å². The lowest BCUT2D eigenvalue weighted by atomic mass is 9.70. The molecule has 0 amide bonds. The molecule has 0 aliphatic rings. The summed E-state index contributed by atoms with van der Waals surface area (Å²) in [5.74, 6) is 0. The van der Waals surface area contributed by atoms with Crippen molar-refractivity contribution in [3.05, 3.63) is 0 Å². The van der Waals surface area contributed by atoms with Crippen LogP contribution in [0.15, 0.2) is 0 Å². The van der Waals surface area contributed by atoms with E-state index in [0.29, 0.717) is 0 Å². The molecule has 2 nitrogen and oxygen atoms in total. The minimum Gasteiger partial charge on any atom is -0.396 e. The van der Waals surface area contributed by atoms with Crippen molar-refractivity contribution in [2.24, 2.45) is 5.41 Å². The first-order valence-corrected chi connectivity index (χ1v) is 4.26. The van der Waals surface area contributed by atoms with Crippen molar-refractivity contribution < 1.29 is 10.2 Å². The highest BCUT2D eigenvalue weighted by atomic mass is 16.3. The quantitative estimate of drug-likeness (QED) is 0.655. The zero-order valence-electron chi connectivity index (χ0n) is 8.02. The van der Waals surface area contributed by atoms with Crippen molar-refractivity contribution in [3.8, 4) is 0 Å². The van der Waals surface area contributed by atoms with E-state index in [1.54, 1.807) is 13.8 Å². The minimum atomic E-state index is -0.786. The maximum absolute atomic E-state index is 9.77. The van der Waals surface area contributed by atoms with Gasteiger partial charge in [-0.1, -0.05) is 13.8 Å². The lowest BCUT2D eigenvalue weighted by Crippen LogP contribution is -2.45. The van der Waals surface area contributed by atoms with Crippen LogP contribution in [0, 0.1) is 5.41 Å². The normalized spacial score (nSPS) is 13.6. The summed E-state index contributed by atoms with van der Waals surface area (Å²) in [5.41, 5.74) is -1.11.